The molecule has 1 aromatic heterocycles. The summed E-state index contributed by atoms with van der Waals surface area (Å²) in [6.07, 6.45) is 4.40. The summed E-state index contributed by atoms with van der Waals surface area (Å²) in [5.41, 5.74) is 5.46. The SMILES string of the molecule is O=C1/C(=C\c2ccccc2)c2c(ncn2COCc2ccccc2)CCN1Cc1ccc(Cl)cc1. The van der Waals surface area contributed by atoms with Crippen LogP contribution in [0.3, 0.4) is 0 Å². The van der Waals surface area contributed by atoms with Gasteiger partial charge in [-0.2, -0.15) is 0 Å². The average Bonchev–Trinajstić information content (AvgIpc) is 3.24. The zero-order chi connectivity index (χ0) is 24.0. The molecule has 0 saturated carbocycles. The monoisotopic (exact) mass is 483 g/mol. The lowest BCUT2D eigenvalue weighted by atomic mass is 10.1. The number of fused-ring (bicyclic) bond motifs is 1. The van der Waals surface area contributed by atoms with Crippen LogP contribution in [0.4, 0.5) is 0 Å². The molecule has 0 spiro atoms. The smallest absolute Gasteiger partial charge is 0.256 e. The van der Waals surface area contributed by atoms with Crippen LogP contribution in [0.25, 0.3) is 11.6 Å². The van der Waals surface area contributed by atoms with Gasteiger partial charge in [-0.25, -0.2) is 4.98 Å². The molecule has 3 aromatic carbocycles. The Morgan fingerprint density at radius 1 is 0.914 bits per heavy atom. The lowest BCUT2D eigenvalue weighted by Crippen LogP contribution is -2.31. The highest BCUT2D eigenvalue weighted by Gasteiger charge is 2.29. The van der Waals surface area contributed by atoms with E-state index in [0.717, 1.165) is 28.1 Å². The third-order valence-corrected chi connectivity index (χ3v) is 6.30. The van der Waals surface area contributed by atoms with Gasteiger partial charge in [-0.1, -0.05) is 84.4 Å². The first-order chi connectivity index (χ1) is 17.2. The fourth-order valence-corrected chi connectivity index (χ4v) is 4.40. The van der Waals surface area contributed by atoms with E-state index in [-0.39, 0.29) is 5.91 Å². The fraction of sp³-hybridized carbons (Fsp3) is 0.172. The van der Waals surface area contributed by atoms with E-state index in [1.165, 1.54) is 0 Å². The van der Waals surface area contributed by atoms with Gasteiger partial charge in [0, 0.05) is 24.5 Å². The van der Waals surface area contributed by atoms with Gasteiger partial charge in [-0.3, -0.25) is 4.79 Å². The van der Waals surface area contributed by atoms with Crippen molar-refractivity contribution < 1.29 is 9.53 Å². The summed E-state index contributed by atoms with van der Waals surface area (Å²) in [4.78, 5) is 20.4. The maximum atomic E-state index is 13.9. The first-order valence-corrected chi connectivity index (χ1v) is 12.0. The van der Waals surface area contributed by atoms with Gasteiger partial charge in [-0.05, 0) is 34.9 Å². The summed E-state index contributed by atoms with van der Waals surface area (Å²) < 4.78 is 7.94. The summed E-state index contributed by atoms with van der Waals surface area (Å²) in [7, 11) is 0. The van der Waals surface area contributed by atoms with E-state index >= 15 is 0 Å². The molecule has 0 aliphatic carbocycles. The van der Waals surface area contributed by atoms with Gasteiger partial charge in [0.15, 0.2) is 0 Å². The molecule has 0 fully saturated rings. The Labute approximate surface area is 210 Å². The van der Waals surface area contributed by atoms with Crippen molar-refractivity contribution in [1.29, 1.82) is 0 Å². The van der Waals surface area contributed by atoms with Crippen LogP contribution in [0, 0.1) is 0 Å². The molecule has 1 aliphatic rings. The summed E-state index contributed by atoms with van der Waals surface area (Å²) in [5.74, 6) is -0.0210. The fourth-order valence-electron chi connectivity index (χ4n) is 4.27. The number of carbonyl (C=O) groups excluding carboxylic acids is 1. The zero-order valence-electron chi connectivity index (χ0n) is 19.3. The van der Waals surface area contributed by atoms with Crippen LogP contribution < -0.4 is 0 Å². The first kappa shape index (κ1) is 23.1. The highest BCUT2D eigenvalue weighted by Crippen LogP contribution is 2.29. The van der Waals surface area contributed by atoms with E-state index in [0.29, 0.717) is 43.4 Å². The molecule has 0 saturated heterocycles. The van der Waals surface area contributed by atoms with Crippen LogP contribution in [0.2, 0.25) is 5.02 Å². The van der Waals surface area contributed by atoms with Gasteiger partial charge < -0.3 is 14.2 Å². The van der Waals surface area contributed by atoms with Crippen LogP contribution in [-0.4, -0.2) is 26.9 Å². The number of ether oxygens (including phenoxy) is 1. The normalized spacial score (nSPS) is 14.7. The van der Waals surface area contributed by atoms with Crippen LogP contribution in [0.1, 0.15) is 28.1 Å². The summed E-state index contributed by atoms with van der Waals surface area (Å²) in [6, 6.07) is 27.6. The van der Waals surface area contributed by atoms with E-state index in [1.54, 1.807) is 6.33 Å². The minimum Gasteiger partial charge on any atom is -0.356 e. The molecular formula is C29H26ClN3O2. The molecule has 0 radical (unpaired) electrons. The third kappa shape index (κ3) is 5.53. The lowest BCUT2D eigenvalue weighted by Gasteiger charge is -2.22. The summed E-state index contributed by atoms with van der Waals surface area (Å²) in [6.45, 7) is 1.90. The Kier molecular flexibility index (Phi) is 7.07. The van der Waals surface area contributed by atoms with Crippen molar-refractivity contribution in [3.63, 3.8) is 0 Å². The van der Waals surface area contributed by atoms with Crippen molar-refractivity contribution >= 4 is 29.2 Å². The van der Waals surface area contributed by atoms with E-state index < -0.39 is 0 Å². The second kappa shape index (κ2) is 10.7. The molecule has 0 atom stereocenters. The van der Waals surface area contributed by atoms with Gasteiger partial charge in [0.1, 0.15) is 6.73 Å². The van der Waals surface area contributed by atoms with Crippen LogP contribution in [-0.2, 0) is 35.8 Å². The molecule has 4 aromatic rings. The zero-order valence-corrected chi connectivity index (χ0v) is 20.1. The topological polar surface area (TPSA) is 47.4 Å². The maximum absolute atomic E-state index is 13.9. The number of amides is 1. The first-order valence-electron chi connectivity index (χ1n) is 11.6. The second-order valence-corrected chi connectivity index (χ2v) is 8.98. The van der Waals surface area contributed by atoms with Gasteiger partial charge in [0.05, 0.1) is 29.9 Å². The van der Waals surface area contributed by atoms with Crippen molar-refractivity contribution in [2.45, 2.75) is 26.3 Å². The maximum Gasteiger partial charge on any atom is 0.256 e. The molecule has 5 nitrogen and oxygen atoms in total. The standard InChI is InChI=1S/C29H26ClN3O2/c30-25-13-11-23(12-14-25)18-32-16-15-27-28(26(29(32)34)17-22-7-3-1-4-8-22)33(20-31-27)21-35-19-24-9-5-2-6-10-24/h1-14,17,20H,15-16,18-19,21H2/b26-17-. The van der Waals surface area contributed by atoms with Crippen LogP contribution >= 0.6 is 11.6 Å². The molecule has 0 N–H and O–H groups in total. The van der Waals surface area contributed by atoms with E-state index in [9.17, 15) is 4.79 Å². The molecule has 0 bridgehead atoms. The third-order valence-electron chi connectivity index (χ3n) is 6.04. The molecule has 6 heteroatoms. The molecular weight excluding hydrogens is 458 g/mol. The van der Waals surface area contributed by atoms with Crippen molar-refractivity contribution in [3.8, 4) is 0 Å². The van der Waals surface area contributed by atoms with Gasteiger partial charge >= 0.3 is 0 Å². The van der Waals surface area contributed by atoms with Crippen LogP contribution in [0.5, 0.6) is 0 Å². The number of aromatic nitrogens is 2. The number of rotatable bonds is 7. The molecule has 1 aliphatic heterocycles. The van der Waals surface area contributed by atoms with Crippen molar-refractivity contribution in [2.75, 3.05) is 6.54 Å². The Morgan fingerprint density at radius 2 is 1.63 bits per heavy atom. The lowest BCUT2D eigenvalue weighted by molar-refractivity contribution is -0.125. The van der Waals surface area contributed by atoms with Crippen molar-refractivity contribution in [3.05, 3.63) is 124 Å². The Bertz CT molecular complexity index is 1320. The van der Waals surface area contributed by atoms with E-state index in [1.807, 2.05) is 100 Å². The number of carbonyl (C=O) groups is 1. The van der Waals surface area contributed by atoms with E-state index in [4.69, 9.17) is 16.3 Å². The number of hydrogen-bond acceptors (Lipinski definition) is 3. The highest BCUT2D eigenvalue weighted by atomic mass is 35.5. The van der Waals surface area contributed by atoms with E-state index in [2.05, 4.69) is 4.98 Å². The largest absolute Gasteiger partial charge is 0.356 e. The van der Waals surface area contributed by atoms with Crippen molar-refractivity contribution in [1.82, 2.24) is 14.5 Å². The Morgan fingerprint density at radius 3 is 2.37 bits per heavy atom. The number of hydrogen-bond donors (Lipinski definition) is 0. The van der Waals surface area contributed by atoms with Gasteiger partial charge in [0.25, 0.3) is 5.91 Å². The minimum absolute atomic E-state index is 0.0210. The Balaban J connectivity index is 1.45. The minimum atomic E-state index is -0.0210. The molecule has 2 heterocycles. The predicted molar refractivity (Wildman–Crippen MR) is 138 cm³/mol. The number of imidazole rings is 1. The highest BCUT2D eigenvalue weighted by molar-refractivity contribution is 6.30. The molecule has 1 amide bonds. The van der Waals surface area contributed by atoms with Gasteiger partial charge in [0.2, 0.25) is 0 Å². The van der Waals surface area contributed by atoms with Gasteiger partial charge in [-0.15, -0.1) is 0 Å². The quantitative estimate of drug-likeness (QED) is 0.310. The average molecular weight is 484 g/mol. The van der Waals surface area contributed by atoms with Crippen molar-refractivity contribution in [2.24, 2.45) is 0 Å². The molecule has 176 valence electrons. The summed E-state index contributed by atoms with van der Waals surface area (Å²) >= 11 is 6.05. The number of halogens is 1. The molecule has 0 unspecified atom stereocenters. The second-order valence-electron chi connectivity index (χ2n) is 8.54. The Hall–Kier alpha value is -3.67. The predicted octanol–water partition coefficient (Wildman–Crippen LogP) is 5.84. The molecule has 35 heavy (non-hydrogen) atoms. The summed E-state index contributed by atoms with van der Waals surface area (Å²) in [5, 5.41) is 0.682. The number of benzene rings is 3. The molecule has 5 rings (SSSR count). The number of nitrogens with zero attached hydrogens (tertiary/aromatic N) is 3. The van der Waals surface area contributed by atoms with Crippen LogP contribution in [0.15, 0.2) is 91.3 Å².